The third-order valence-corrected chi connectivity index (χ3v) is 7.22. The monoisotopic (exact) mass is 516 g/mol. The molecule has 0 fully saturated rings. The number of nitrogens with one attached hydrogen (secondary N) is 2. The summed E-state index contributed by atoms with van der Waals surface area (Å²) in [5.41, 5.74) is 2.45. The van der Waals surface area contributed by atoms with E-state index in [0.717, 1.165) is 26.5 Å². The zero-order valence-corrected chi connectivity index (χ0v) is 19.3. The number of carbonyl (C=O) groups excluding carboxylic acids is 1. The molecular formula is C19H20BrF3N6OS. The molecule has 0 aliphatic carbocycles. The molecule has 2 N–H and O–H groups in total. The molecule has 0 bridgehead atoms. The van der Waals surface area contributed by atoms with E-state index in [4.69, 9.17) is 0 Å². The van der Waals surface area contributed by atoms with Crippen molar-refractivity contribution in [2.24, 2.45) is 7.05 Å². The number of amides is 1. The molecule has 2 atom stereocenters. The van der Waals surface area contributed by atoms with E-state index in [1.807, 2.05) is 19.2 Å². The maximum absolute atomic E-state index is 13.8. The molecule has 12 heteroatoms. The van der Waals surface area contributed by atoms with E-state index in [9.17, 15) is 18.0 Å². The maximum atomic E-state index is 13.8. The van der Waals surface area contributed by atoms with Gasteiger partial charge in [0, 0.05) is 36.1 Å². The van der Waals surface area contributed by atoms with Gasteiger partial charge in [0.2, 0.25) is 0 Å². The van der Waals surface area contributed by atoms with Gasteiger partial charge in [0.05, 0.1) is 16.2 Å². The summed E-state index contributed by atoms with van der Waals surface area (Å²) < 4.78 is 44.3. The smallest absolute Gasteiger partial charge is 0.362 e. The number of aryl methyl sites for hydroxylation is 2. The molecule has 4 rings (SSSR count). The summed E-state index contributed by atoms with van der Waals surface area (Å²) in [6.45, 7) is 3.92. The van der Waals surface area contributed by atoms with Gasteiger partial charge in [0.15, 0.2) is 11.7 Å². The molecule has 4 heterocycles. The fraction of sp³-hybridized carbons (Fsp3) is 0.421. The molecule has 0 spiro atoms. The first kappa shape index (κ1) is 21.9. The molecule has 0 aromatic carbocycles. The number of nitrogens with zero attached hydrogens (tertiary/aromatic N) is 4. The summed E-state index contributed by atoms with van der Waals surface area (Å²) in [6.07, 6.45) is -4.71. The number of fused-ring (bicyclic) bond motifs is 1. The van der Waals surface area contributed by atoms with Crippen LogP contribution in [0.25, 0.3) is 0 Å². The second-order valence-electron chi connectivity index (χ2n) is 7.42. The fourth-order valence-electron chi connectivity index (χ4n) is 3.74. The van der Waals surface area contributed by atoms with Crippen LogP contribution in [0.1, 0.15) is 50.8 Å². The van der Waals surface area contributed by atoms with E-state index in [-0.39, 0.29) is 29.0 Å². The van der Waals surface area contributed by atoms with Gasteiger partial charge >= 0.3 is 6.18 Å². The minimum absolute atomic E-state index is 0.0947. The number of halogens is 4. The van der Waals surface area contributed by atoms with Crippen molar-refractivity contribution >= 4 is 39.0 Å². The minimum atomic E-state index is -4.50. The molecule has 0 radical (unpaired) electrons. The van der Waals surface area contributed by atoms with Crippen molar-refractivity contribution in [1.82, 2.24) is 24.9 Å². The lowest BCUT2D eigenvalue weighted by Crippen LogP contribution is -2.35. The first-order chi connectivity index (χ1) is 14.6. The Morgan fingerprint density at radius 2 is 2.13 bits per heavy atom. The summed E-state index contributed by atoms with van der Waals surface area (Å²) in [6, 6.07) is 1.23. The summed E-state index contributed by atoms with van der Waals surface area (Å²) in [5.74, 6) is -0.419. The normalized spacial score (nSPS) is 18.5. The van der Waals surface area contributed by atoms with Gasteiger partial charge in [-0.25, -0.2) is 4.68 Å². The molecule has 166 valence electrons. The van der Waals surface area contributed by atoms with Crippen LogP contribution in [0.5, 0.6) is 0 Å². The van der Waals surface area contributed by atoms with E-state index in [2.05, 4.69) is 36.8 Å². The molecule has 31 heavy (non-hydrogen) atoms. The van der Waals surface area contributed by atoms with Crippen molar-refractivity contribution in [3.63, 3.8) is 0 Å². The molecule has 0 saturated heterocycles. The number of aromatic nitrogens is 4. The molecule has 1 aliphatic heterocycles. The quantitative estimate of drug-likeness (QED) is 0.529. The van der Waals surface area contributed by atoms with E-state index >= 15 is 0 Å². The zero-order valence-electron chi connectivity index (χ0n) is 16.9. The topological polar surface area (TPSA) is 76.8 Å². The largest absolute Gasteiger partial charge is 0.410 e. The lowest BCUT2D eigenvalue weighted by molar-refractivity contribution is -0.173. The highest BCUT2D eigenvalue weighted by Crippen LogP contribution is 2.46. The second-order valence-corrected chi connectivity index (χ2v) is 9.19. The zero-order chi connectivity index (χ0) is 22.5. The van der Waals surface area contributed by atoms with Crippen LogP contribution in [0.4, 0.5) is 19.0 Å². The van der Waals surface area contributed by atoms with Crippen LogP contribution in [0.2, 0.25) is 0 Å². The van der Waals surface area contributed by atoms with Gasteiger partial charge in [-0.15, -0.1) is 11.3 Å². The van der Waals surface area contributed by atoms with Crippen LogP contribution in [-0.4, -0.2) is 31.6 Å². The number of hydrogen-bond acceptors (Lipinski definition) is 5. The predicted octanol–water partition coefficient (Wildman–Crippen LogP) is 4.65. The number of rotatable bonds is 4. The first-order valence-electron chi connectivity index (χ1n) is 9.49. The fourth-order valence-corrected chi connectivity index (χ4v) is 5.08. The van der Waals surface area contributed by atoms with Gasteiger partial charge < -0.3 is 10.6 Å². The second kappa shape index (κ2) is 7.97. The highest BCUT2D eigenvalue weighted by atomic mass is 79.9. The molecule has 1 amide bonds. The van der Waals surface area contributed by atoms with Gasteiger partial charge in [-0.05, 0) is 41.2 Å². The van der Waals surface area contributed by atoms with Gasteiger partial charge in [-0.2, -0.15) is 23.4 Å². The molecule has 3 aromatic rings. The lowest BCUT2D eigenvalue weighted by Gasteiger charge is -2.33. The Labute approximate surface area is 188 Å². The number of hydrogen-bond donors (Lipinski definition) is 2. The van der Waals surface area contributed by atoms with Gasteiger partial charge in [0.1, 0.15) is 5.82 Å². The number of thiophene rings is 1. The van der Waals surface area contributed by atoms with Crippen molar-refractivity contribution in [2.75, 3.05) is 5.32 Å². The summed E-state index contributed by atoms with van der Waals surface area (Å²) >= 11 is 4.68. The minimum Gasteiger partial charge on any atom is -0.362 e. The van der Waals surface area contributed by atoms with Gasteiger partial charge in [-0.1, -0.05) is 6.07 Å². The van der Waals surface area contributed by atoms with E-state index < -0.39 is 24.2 Å². The highest BCUT2D eigenvalue weighted by Gasteiger charge is 2.48. The van der Waals surface area contributed by atoms with Crippen molar-refractivity contribution in [3.8, 4) is 0 Å². The standard InChI is InChI=1S/C19H20BrF3N6OS/c1-9-11(10(2)28(3)26-9)8-24-18(30)16-15(20)17-25-12(13-5-4-6-31-13)7-14(19(21,22)23)29(17)27-16/h4-6,12,14,25H,7-8H2,1-3H3,(H,24,30)/t12-,14+/m1/s1. The predicted molar refractivity (Wildman–Crippen MR) is 114 cm³/mol. The summed E-state index contributed by atoms with van der Waals surface area (Å²) in [5, 5.41) is 16.0. The summed E-state index contributed by atoms with van der Waals surface area (Å²) in [7, 11) is 1.81. The van der Waals surface area contributed by atoms with Crippen LogP contribution >= 0.6 is 27.3 Å². The highest BCUT2D eigenvalue weighted by molar-refractivity contribution is 9.10. The molecule has 0 saturated carbocycles. The van der Waals surface area contributed by atoms with Crippen LogP contribution in [-0.2, 0) is 13.6 Å². The third-order valence-electron chi connectivity index (χ3n) is 5.48. The molecule has 3 aromatic heterocycles. The average Bonchev–Trinajstić information content (AvgIpc) is 3.40. The molecule has 0 unspecified atom stereocenters. The Hall–Kier alpha value is -2.34. The van der Waals surface area contributed by atoms with Crippen LogP contribution in [0.3, 0.4) is 0 Å². The molecule has 1 aliphatic rings. The van der Waals surface area contributed by atoms with E-state index in [0.29, 0.717) is 0 Å². The Kier molecular flexibility index (Phi) is 5.63. The van der Waals surface area contributed by atoms with Crippen LogP contribution < -0.4 is 10.6 Å². The summed E-state index contributed by atoms with van der Waals surface area (Å²) in [4.78, 5) is 13.6. The Morgan fingerprint density at radius 1 is 1.39 bits per heavy atom. The van der Waals surface area contributed by atoms with Crippen LogP contribution in [0, 0.1) is 13.8 Å². The van der Waals surface area contributed by atoms with E-state index in [1.54, 1.807) is 23.9 Å². The van der Waals surface area contributed by atoms with Crippen LogP contribution in [0.15, 0.2) is 22.0 Å². The third kappa shape index (κ3) is 3.98. The van der Waals surface area contributed by atoms with Gasteiger partial charge in [0.25, 0.3) is 5.91 Å². The maximum Gasteiger partial charge on any atom is 0.410 e. The number of anilines is 1. The number of carbonyl (C=O) groups is 1. The molecular weight excluding hydrogens is 497 g/mol. The Morgan fingerprint density at radius 3 is 2.71 bits per heavy atom. The van der Waals surface area contributed by atoms with Crippen molar-refractivity contribution in [3.05, 3.63) is 49.5 Å². The average molecular weight is 517 g/mol. The Bertz CT molecular complexity index is 1120. The molecule has 7 nitrogen and oxygen atoms in total. The lowest BCUT2D eigenvalue weighted by atomic mass is 10.0. The van der Waals surface area contributed by atoms with E-state index in [1.165, 1.54) is 11.3 Å². The SMILES string of the molecule is Cc1nn(C)c(C)c1CNC(=O)c1nn2c(c1Br)N[C@@H](c1cccs1)C[C@H]2C(F)(F)F. The van der Waals surface area contributed by atoms with Crippen molar-refractivity contribution in [1.29, 1.82) is 0 Å². The van der Waals surface area contributed by atoms with Crippen molar-refractivity contribution < 1.29 is 18.0 Å². The Balaban J connectivity index is 1.63. The number of alkyl halides is 3. The van der Waals surface area contributed by atoms with Gasteiger partial charge in [-0.3, -0.25) is 9.48 Å². The first-order valence-corrected chi connectivity index (χ1v) is 11.2. The van der Waals surface area contributed by atoms with Crippen molar-refractivity contribution in [2.45, 2.75) is 45.1 Å².